The SMILES string of the molecule is CCOc1ccc(/C=C2\N=C(c3ccc(Cl)cc3)OC2=O)cc1. The van der Waals surface area contributed by atoms with Crippen molar-refractivity contribution in [2.45, 2.75) is 6.92 Å². The highest BCUT2D eigenvalue weighted by Gasteiger charge is 2.23. The van der Waals surface area contributed by atoms with E-state index in [4.69, 9.17) is 21.1 Å². The summed E-state index contributed by atoms with van der Waals surface area (Å²) in [4.78, 5) is 16.2. The van der Waals surface area contributed by atoms with Crippen LogP contribution in [-0.2, 0) is 9.53 Å². The molecule has 5 heteroatoms. The van der Waals surface area contributed by atoms with E-state index in [1.807, 2.05) is 31.2 Å². The number of esters is 1. The Hall–Kier alpha value is -2.59. The molecule has 2 aromatic carbocycles. The van der Waals surface area contributed by atoms with Crippen LogP contribution in [0.3, 0.4) is 0 Å². The van der Waals surface area contributed by atoms with Crippen LogP contribution in [-0.4, -0.2) is 18.5 Å². The van der Waals surface area contributed by atoms with E-state index in [1.165, 1.54) is 0 Å². The van der Waals surface area contributed by atoms with Crippen LogP contribution in [0.1, 0.15) is 18.1 Å². The number of aliphatic imine (C=N–C) groups is 1. The maximum absolute atomic E-state index is 11.9. The van der Waals surface area contributed by atoms with E-state index < -0.39 is 5.97 Å². The monoisotopic (exact) mass is 327 g/mol. The number of cyclic esters (lactones) is 1. The average molecular weight is 328 g/mol. The molecule has 3 rings (SSSR count). The first-order valence-electron chi connectivity index (χ1n) is 7.17. The molecule has 0 N–H and O–H groups in total. The number of hydrogen-bond acceptors (Lipinski definition) is 4. The molecule has 2 aromatic rings. The Kier molecular flexibility index (Phi) is 4.44. The smallest absolute Gasteiger partial charge is 0.363 e. The fraction of sp³-hybridized carbons (Fsp3) is 0.111. The highest BCUT2D eigenvalue weighted by Crippen LogP contribution is 2.21. The summed E-state index contributed by atoms with van der Waals surface area (Å²) in [5.41, 5.74) is 1.82. The van der Waals surface area contributed by atoms with E-state index in [-0.39, 0.29) is 11.6 Å². The molecule has 0 unspecified atom stereocenters. The lowest BCUT2D eigenvalue weighted by atomic mass is 10.2. The molecule has 0 radical (unpaired) electrons. The van der Waals surface area contributed by atoms with Crippen molar-refractivity contribution in [1.82, 2.24) is 0 Å². The number of rotatable bonds is 4. The zero-order valence-corrected chi connectivity index (χ0v) is 13.2. The van der Waals surface area contributed by atoms with Crippen molar-refractivity contribution in [3.05, 3.63) is 70.4 Å². The molecule has 0 aliphatic carbocycles. The van der Waals surface area contributed by atoms with Crippen LogP contribution in [0.4, 0.5) is 0 Å². The first kappa shape index (κ1) is 15.3. The molecule has 0 spiro atoms. The van der Waals surface area contributed by atoms with Gasteiger partial charge < -0.3 is 9.47 Å². The molecule has 1 aliphatic rings. The lowest BCUT2D eigenvalue weighted by Crippen LogP contribution is -2.05. The van der Waals surface area contributed by atoms with Gasteiger partial charge in [0.1, 0.15) is 5.75 Å². The van der Waals surface area contributed by atoms with Gasteiger partial charge in [0.2, 0.25) is 5.90 Å². The number of hydrogen-bond donors (Lipinski definition) is 0. The topological polar surface area (TPSA) is 47.9 Å². The normalized spacial score (nSPS) is 15.5. The Labute approximate surface area is 139 Å². The minimum atomic E-state index is -0.469. The molecule has 0 bridgehead atoms. The van der Waals surface area contributed by atoms with Gasteiger partial charge in [-0.15, -0.1) is 0 Å². The Morgan fingerprint density at radius 1 is 1.13 bits per heavy atom. The molecule has 0 atom stereocenters. The standard InChI is InChI=1S/C18H14ClNO3/c1-2-22-15-9-3-12(4-10-15)11-16-18(21)23-17(20-16)13-5-7-14(19)8-6-13/h3-11H,2H2,1H3/b16-11-. The quantitative estimate of drug-likeness (QED) is 0.628. The largest absolute Gasteiger partial charge is 0.494 e. The Morgan fingerprint density at radius 3 is 2.48 bits per heavy atom. The van der Waals surface area contributed by atoms with Gasteiger partial charge in [-0.25, -0.2) is 9.79 Å². The van der Waals surface area contributed by atoms with Crippen molar-refractivity contribution in [3.63, 3.8) is 0 Å². The summed E-state index contributed by atoms with van der Waals surface area (Å²) in [6.07, 6.45) is 1.68. The summed E-state index contributed by atoms with van der Waals surface area (Å²) in [6, 6.07) is 14.4. The van der Waals surface area contributed by atoms with E-state index in [9.17, 15) is 4.79 Å². The molecule has 1 heterocycles. The second kappa shape index (κ2) is 6.67. The maximum Gasteiger partial charge on any atom is 0.363 e. The molecule has 4 nitrogen and oxygen atoms in total. The van der Waals surface area contributed by atoms with Crippen molar-refractivity contribution in [1.29, 1.82) is 0 Å². The summed E-state index contributed by atoms with van der Waals surface area (Å²) in [5, 5.41) is 0.615. The van der Waals surface area contributed by atoms with Crippen LogP contribution in [0.5, 0.6) is 5.75 Å². The fourth-order valence-electron chi connectivity index (χ4n) is 2.11. The first-order valence-corrected chi connectivity index (χ1v) is 7.55. The van der Waals surface area contributed by atoms with E-state index >= 15 is 0 Å². The zero-order valence-electron chi connectivity index (χ0n) is 12.5. The molecule has 1 aliphatic heterocycles. The van der Waals surface area contributed by atoms with Crippen LogP contribution in [0.2, 0.25) is 5.02 Å². The molecule has 0 saturated heterocycles. The third-order valence-corrected chi connectivity index (χ3v) is 3.46. The van der Waals surface area contributed by atoms with Crippen LogP contribution in [0.25, 0.3) is 6.08 Å². The van der Waals surface area contributed by atoms with Gasteiger partial charge in [-0.2, -0.15) is 0 Å². The van der Waals surface area contributed by atoms with Crippen molar-refractivity contribution < 1.29 is 14.3 Å². The van der Waals surface area contributed by atoms with E-state index in [2.05, 4.69) is 4.99 Å². The summed E-state index contributed by atoms with van der Waals surface area (Å²) in [5.74, 6) is 0.599. The van der Waals surface area contributed by atoms with Gasteiger partial charge in [0.25, 0.3) is 0 Å². The van der Waals surface area contributed by atoms with Gasteiger partial charge in [-0.05, 0) is 55.0 Å². The number of benzene rings is 2. The molecule has 0 saturated carbocycles. The maximum atomic E-state index is 11.9. The zero-order chi connectivity index (χ0) is 16.2. The molecule has 0 amide bonds. The fourth-order valence-corrected chi connectivity index (χ4v) is 2.24. The number of carbonyl (C=O) groups excluding carboxylic acids is 1. The third kappa shape index (κ3) is 3.60. The van der Waals surface area contributed by atoms with Crippen LogP contribution in [0, 0.1) is 0 Å². The van der Waals surface area contributed by atoms with E-state index in [0.717, 1.165) is 11.3 Å². The Morgan fingerprint density at radius 2 is 1.83 bits per heavy atom. The molecule has 23 heavy (non-hydrogen) atoms. The number of ether oxygens (including phenoxy) is 2. The van der Waals surface area contributed by atoms with Gasteiger partial charge >= 0.3 is 5.97 Å². The van der Waals surface area contributed by atoms with Gasteiger partial charge in [0.15, 0.2) is 5.70 Å². The summed E-state index contributed by atoms with van der Waals surface area (Å²) >= 11 is 5.85. The van der Waals surface area contributed by atoms with Crippen LogP contribution in [0.15, 0.2) is 59.2 Å². The Bertz CT molecular complexity index is 777. The second-order valence-corrected chi connectivity index (χ2v) is 5.28. The van der Waals surface area contributed by atoms with Gasteiger partial charge in [0.05, 0.1) is 6.61 Å². The van der Waals surface area contributed by atoms with Gasteiger partial charge in [0, 0.05) is 10.6 Å². The molecule has 116 valence electrons. The van der Waals surface area contributed by atoms with Gasteiger partial charge in [-0.3, -0.25) is 0 Å². The number of halogens is 1. The van der Waals surface area contributed by atoms with Gasteiger partial charge in [-0.1, -0.05) is 23.7 Å². The minimum absolute atomic E-state index is 0.263. The number of carbonyl (C=O) groups is 1. The predicted octanol–water partition coefficient (Wildman–Crippen LogP) is 4.08. The molecular formula is C18H14ClNO3. The third-order valence-electron chi connectivity index (χ3n) is 3.21. The van der Waals surface area contributed by atoms with Crippen molar-refractivity contribution in [2.24, 2.45) is 4.99 Å². The van der Waals surface area contributed by atoms with Crippen molar-refractivity contribution in [2.75, 3.05) is 6.61 Å². The minimum Gasteiger partial charge on any atom is -0.494 e. The number of nitrogens with zero attached hydrogens (tertiary/aromatic N) is 1. The van der Waals surface area contributed by atoms with Crippen LogP contribution >= 0.6 is 11.6 Å². The summed E-state index contributed by atoms with van der Waals surface area (Å²) in [6.45, 7) is 2.54. The lowest BCUT2D eigenvalue weighted by Gasteiger charge is -2.02. The average Bonchev–Trinajstić information content (AvgIpc) is 2.91. The summed E-state index contributed by atoms with van der Waals surface area (Å²) < 4.78 is 10.6. The van der Waals surface area contributed by atoms with E-state index in [0.29, 0.717) is 17.2 Å². The summed E-state index contributed by atoms with van der Waals surface area (Å²) in [7, 11) is 0. The predicted molar refractivity (Wildman–Crippen MR) is 89.7 cm³/mol. The highest BCUT2D eigenvalue weighted by atomic mass is 35.5. The van der Waals surface area contributed by atoms with E-state index in [1.54, 1.807) is 30.3 Å². The first-order chi connectivity index (χ1) is 11.2. The molecule has 0 aromatic heterocycles. The Balaban J connectivity index is 1.84. The van der Waals surface area contributed by atoms with Crippen LogP contribution < -0.4 is 4.74 Å². The highest BCUT2D eigenvalue weighted by molar-refractivity contribution is 6.30. The van der Waals surface area contributed by atoms with Crippen molar-refractivity contribution >= 4 is 29.5 Å². The second-order valence-electron chi connectivity index (χ2n) is 4.84. The molecule has 0 fully saturated rings. The molecular weight excluding hydrogens is 314 g/mol. The lowest BCUT2D eigenvalue weighted by molar-refractivity contribution is -0.129. The van der Waals surface area contributed by atoms with Crippen molar-refractivity contribution in [3.8, 4) is 5.75 Å².